The Morgan fingerprint density at radius 3 is 2.65 bits per heavy atom. The van der Waals surface area contributed by atoms with Gasteiger partial charge in [-0.2, -0.15) is 0 Å². The molecule has 8 nitrogen and oxygen atoms in total. The number of carbonyl (C=O) groups excluding carboxylic acids is 1. The fourth-order valence-electron chi connectivity index (χ4n) is 1.64. The molecule has 110 valence electrons. The quantitative estimate of drug-likeness (QED) is 0.443. The minimum absolute atomic E-state index is 0.122. The van der Waals surface area contributed by atoms with Gasteiger partial charge in [-0.05, 0) is 19.4 Å². The van der Waals surface area contributed by atoms with Gasteiger partial charge in [0.25, 0.3) is 11.6 Å². The maximum absolute atomic E-state index is 11.9. The van der Waals surface area contributed by atoms with Crippen LogP contribution in [-0.2, 0) is 10.0 Å². The number of nitrogens with zero attached hydrogens (tertiary/aromatic N) is 1. The number of nitrogens with one attached hydrogen (secondary N) is 1. The molecule has 0 radical (unpaired) electrons. The van der Waals surface area contributed by atoms with E-state index in [0.717, 1.165) is 0 Å². The van der Waals surface area contributed by atoms with Crippen LogP contribution >= 0.6 is 0 Å². The van der Waals surface area contributed by atoms with E-state index in [1.807, 2.05) is 0 Å². The van der Waals surface area contributed by atoms with Crippen molar-refractivity contribution in [2.24, 2.45) is 5.14 Å². The SMILES string of the molecule is Cc1c(C(=O)NCCCS(N)(=O)=O)cccc1[N+](=O)[O-]. The standard InChI is InChI=1S/C11H15N3O5S/c1-8-9(4-2-5-10(8)14(16)17)11(15)13-6-3-7-20(12,18)19/h2,4-5H,3,6-7H2,1H3,(H,13,15)(H2,12,18,19). The van der Waals surface area contributed by atoms with Crippen molar-refractivity contribution >= 4 is 21.6 Å². The van der Waals surface area contributed by atoms with Crippen LogP contribution in [0.1, 0.15) is 22.3 Å². The number of nitro benzene ring substituents is 1. The average Bonchev–Trinajstić information content (AvgIpc) is 2.33. The number of hydrogen-bond acceptors (Lipinski definition) is 5. The number of benzene rings is 1. The van der Waals surface area contributed by atoms with Crippen LogP contribution in [0.25, 0.3) is 0 Å². The number of nitrogens with two attached hydrogens (primary N) is 1. The molecule has 9 heteroatoms. The number of rotatable bonds is 6. The molecule has 3 N–H and O–H groups in total. The van der Waals surface area contributed by atoms with Crippen LogP contribution in [0.2, 0.25) is 0 Å². The fraction of sp³-hybridized carbons (Fsp3) is 0.364. The van der Waals surface area contributed by atoms with Gasteiger partial charge in [0, 0.05) is 23.7 Å². The first-order valence-electron chi connectivity index (χ1n) is 5.75. The van der Waals surface area contributed by atoms with Crippen molar-refractivity contribution in [2.45, 2.75) is 13.3 Å². The number of primary sulfonamides is 1. The summed E-state index contributed by atoms with van der Waals surface area (Å²) in [5, 5.41) is 18.1. The highest BCUT2D eigenvalue weighted by Gasteiger charge is 2.17. The van der Waals surface area contributed by atoms with Crippen LogP contribution in [0.15, 0.2) is 18.2 Å². The van der Waals surface area contributed by atoms with Crippen molar-refractivity contribution in [3.8, 4) is 0 Å². The molecular weight excluding hydrogens is 286 g/mol. The fourth-order valence-corrected chi connectivity index (χ4v) is 2.18. The molecule has 1 aromatic rings. The molecule has 0 aliphatic heterocycles. The molecule has 0 spiro atoms. The summed E-state index contributed by atoms with van der Waals surface area (Å²) in [5.41, 5.74) is 0.318. The number of sulfonamides is 1. The van der Waals surface area contributed by atoms with Crippen molar-refractivity contribution in [2.75, 3.05) is 12.3 Å². The molecule has 1 amide bonds. The molecule has 0 bridgehead atoms. The lowest BCUT2D eigenvalue weighted by molar-refractivity contribution is -0.385. The monoisotopic (exact) mass is 301 g/mol. The van der Waals surface area contributed by atoms with Crippen LogP contribution in [-0.4, -0.2) is 31.5 Å². The molecule has 0 saturated heterocycles. The molecule has 0 unspecified atom stereocenters. The highest BCUT2D eigenvalue weighted by atomic mass is 32.2. The highest BCUT2D eigenvalue weighted by molar-refractivity contribution is 7.89. The van der Waals surface area contributed by atoms with E-state index in [1.165, 1.54) is 25.1 Å². The van der Waals surface area contributed by atoms with Gasteiger partial charge in [0.05, 0.1) is 10.7 Å². The van der Waals surface area contributed by atoms with E-state index in [1.54, 1.807) is 0 Å². The second-order valence-corrected chi connectivity index (χ2v) is 5.92. The highest BCUT2D eigenvalue weighted by Crippen LogP contribution is 2.20. The van der Waals surface area contributed by atoms with Crippen LogP contribution < -0.4 is 10.5 Å². The lowest BCUT2D eigenvalue weighted by Crippen LogP contribution is -2.27. The predicted octanol–water partition coefficient (Wildman–Crippen LogP) is 0.312. The molecule has 0 fully saturated rings. The summed E-state index contributed by atoms with van der Waals surface area (Å²) >= 11 is 0. The number of nitro groups is 1. The molecule has 1 aromatic carbocycles. The maximum Gasteiger partial charge on any atom is 0.273 e. The Balaban J connectivity index is 2.69. The molecule has 0 atom stereocenters. The van der Waals surface area contributed by atoms with Crippen molar-refractivity contribution in [1.82, 2.24) is 5.32 Å². The van der Waals surface area contributed by atoms with Gasteiger partial charge in [-0.1, -0.05) is 6.07 Å². The minimum Gasteiger partial charge on any atom is -0.352 e. The number of amides is 1. The van der Waals surface area contributed by atoms with E-state index in [0.29, 0.717) is 0 Å². The van der Waals surface area contributed by atoms with Gasteiger partial charge in [0.1, 0.15) is 0 Å². The first-order chi connectivity index (χ1) is 9.22. The lowest BCUT2D eigenvalue weighted by atomic mass is 10.1. The van der Waals surface area contributed by atoms with Crippen molar-refractivity contribution in [1.29, 1.82) is 0 Å². The van der Waals surface area contributed by atoms with Crippen LogP contribution in [0.4, 0.5) is 5.69 Å². The second-order valence-electron chi connectivity index (χ2n) is 4.18. The molecule has 0 heterocycles. The summed E-state index contributed by atoms with van der Waals surface area (Å²) < 4.78 is 21.4. The third-order valence-corrected chi connectivity index (χ3v) is 3.50. The second kappa shape index (κ2) is 6.44. The van der Waals surface area contributed by atoms with E-state index in [-0.39, 0.29) is 35.5 Å². The Bertz CT molecular complexity index is 627. The van der Waals surface area contributed by atoms with E-state index >= 15 is 0 Å². The van der Waals surface area contributed by atoms with Crippen molar-refractivity contribution in [3.63, 3.8) is 0 Å². The third kappa shape index (κ3) is 4.59. The topological polar surface area (TPSA) is 132 Å². The van der Waals surface area contributed by atoms with E-state index in [4.69, 9.17) is 5.14 Å². The Morgan fingerprint density at radius 2 is 2.10 bits per heavy atom. The molecule has 0 aliphatic carbocycles. The van der Waals surface area contributed by atoms with E-state index in [9.17, 15) is 23.3 Å². The summed E-state index contributed by atoms with van der Waals surface area (Å²) in [7, 11) is -3.55. The zero-order valence-corrected chi connectivity index (χ0v) is 11.6. The van der Waals surface area contributed by atoms with Crippen LogP contribution in [0, 0.1) is 17.0 Å². The number of carbonyl (C=O) groups is 1. The Morgan fingerprint density at radius 1 is 1.45 bits per heavy atom. The van der Waals surface area contributed by atoms with Gasteiger partial charge < -0.3 is 5.32 Å². The van der Waals surface area contributed by atoms with E-state index in [2.05, 4.69) is 5.32 Å². The predicted molar refractivity (Wildman–Crippen MR) is 72.8 cm³/mol. The van der Waals surface area contributed by atoms with E-state index < -0.39 is 20.9 Å². The molecule has 0 saturated carbocycles. The van der Waals surface area contributed by atoms with Gasteiger partial charge in [0.15, 0.2) is 0 Å². The largest absolute Gasteiger partial charge is 0.352 e. The summed E-state index contributed by atoms with van der Waals surface area (Å²) in [6, 6.07) is 4.20. The Hall–Kier alpha value is -2.00. The summed E-state index contributed by atoms with van der Waals surface area (Å²) in [6.45, 7) is 1.61. The van der Waals surface area contributed by atoms with Gasteiger partial charge >= 0.3 is 0 Å². The minimum atomic E-state index is -3.55. The first kappa shape index (κ1) is 16.1. The molecule has 1 rings (SSSR count). The molecule has 0 aliphatic rings. The van der Waals surface area contributed by atoms with Gasteiger partial charge in [-0.3, -0.25) is 14.9 Å². The zero-order chi connectivity index (χ0) is 15.3. The number of hydrogen-bond donors (Lipinski definition) is 2. The normalized spacial score (nSPS) is 11.1. The third-order valence-electron chi connectivity index (χ3n) is 2.64. The first-order valence-corrected chi connectivity index (χ1v) is 7.46. The van der Waals surface area contributed by atoms with Crippen LogP contribution in [0.3, 0.4) is 0 Å². The smallest absolute Gasteiger partial charge is 0.273 e. The maximum atomic E-state index is 11.9. The van der Waals surface area contributed by atoms with Gasteiger partial charge in [-0.15, -0.1) is 0 Å². The lowest BCUT2D eigenvalue weighted by Gasteiger charge is -2.07. The molecule has 20 heavy (non-hydrogen) atoms. The van der Waals surface area contributed by atoms with Gasteiger partial charge in [-0.25, -0.2) is 13.6 Å². The zero-order valence-electron chi connectivity index (χ0n) is 10.8. The average molecular weight is 301 g/mol. The molecular formula is C11H15N3O5S. The van der Waals surface area contributed by atoms with Crippen molar-refractivity contribution < 1.29 is 18.1 Å². The summed E-state index contributed by atoms with van der Waals surface area (Å²) in [6.07, 6.45) is 0.179. The Kier molecular flexibility index (Phi) is 5.17. The van der Waals surface area contributed by atoms with Gasteiger partial charge in [0.2, 0.25) is 10.0 Å². The summed E-state index contributed by atoms with van der Waals surface area (Å²) in [4.78, 5) is 22.0. The van der Waals surface area contributed by atoms with Crippen LogP contribution in [0.5, 0.6) is 0 Å². The van der Waals surface area contributed by atoms with Crippen molar-refractivity contribution in [3.05, 3.63) is 39.4 Å². The Labute approximate surface area is 116 Å². The summed E-state index contributed by atoms with van der Waals surface area (Å²) in [5.74, 6) is -0.720. The molecule has 0 aromatic heterocycles.